The van der Waals surface area contributed by atoms with Gasteiger partial charge in [0.2, 0.25) is 0 Å². The topological polar surface area (TPSA) is 53.9 Å². The lowest BCUT2D eigenvalue weighted by Crippen LogP contribution is -2.54. The highest BCUT2D eigenvalue weighted by atomic mass is 19.4. The zero-order valence-electron chi connectivity index (χ0n) is 14.3. The average Bonchev–Trinajstić information content (AvgIpc) is 2.78. The number of anilines is 1. The number of rotatable bonds is 2. The molecule has 1 saturated heterocycles. The van der Waals surface area contributed by atoms with Crippen LogP contribution >= 0.6 is 0 Å². The van der Waals surface area contributed by atoms with Crippen LogP contribution in [0.1, 0.15) is 31.4 Å². The van der Waals surface area contributed by atoms with Crippen LogP contribution in [0.15, 0.2) is 23.4 Å². The molecule has 2 amide bonds. The molecule has 5 nitrogen and oxygen atoms in total. The summed E-state index contributed by atoms with van der Waals surface area (Å²) >= 11 is 0. The number of benzene rings is 1. The smallest absolute Gasteiger partial charge is 0.389 e. The standard InChI is InChI=1S/C17H20F3N3O2/c1-10-4-5-12(6-13(10)17(18,19)20)21-15(24)23-8-11(9-23)14-7-16(2,3)25-22-14/h4-6,11H,7-9H2,1-3H3,(H,21,24). The van der Waals surface area contributed by atoms with Gasteiger partial charge in [-0.3, -0.25) is 0 Å². The average molecular weight is 355 g/mol. The Morgan fingerprint density at radius 1 is 1.36 bits per heavy atom. The number of carbonyl (C=O) groups excluding carboxylic acids is 1. The molecule has 0 saturated carbocycles. The second-order valence-corrected chi connectivity index (χ2v) is 7.17. The molecule has 0 aliphatic carbocycles. The zero-order chi connectivity index (χ0) is 18.4. The highest BCUT2D eigenvalue weighted by molar-refractivity contribution is 5.94. The Hall–Kier alpha value is -2.25. The van der Waals surface area contributed by atoms with E-state index in [1.165, 1.54) is 19.1 Å². The second-order valence-electron chi connectivity index (χ2n) is 7.17. The number of amides is 2. The van der Waals surface area contributed by atoms with Crippen molar-refractivity contribution in [2.45, 2.75) is 39.0 Å². The molecule has 2 aliphatic rings. The highest BCUT2D eigenvalue weighted by Gasteiger charge is 2.40. The minimum Gasteiger partial charge on any atom is -0.389 e. The van der Waals surface area contributed by atoms with Gasteiger partial charge in [-0.25, -0.2) is 4.79 Å². The van der Waals surface area contributed by atoms with E-state index in [9.17, 15) is 18.0 Å². The summed E-state index contributed by atoms with van der Waals surface area (Å²) in [6, 6.07) is 3.37. The molecule has 0 atom stereocenters. The molecule has 0 radical (unpaired) electrons. The molecule has 25 heavy (non-hydrogen) atoms. The Kier molecular flexibility index (Phi) is 4.17. The fourth-order valence-electron chi connectivity index (χ4n) is 2.96. The van der Waals surface area contributed by atoms with Crippen molar-refractivity contribution in [2.24, 2.45) is 11.1 Å². The number of likely N-dealkylation sites (tertiary alicyclic amines) is 1. The Balaban J connectivity index is 1.58. The van der Waals surface area contributed by atoms with Gasteiger partial charge in [-0.2, -0.15) is 13.2 Å². The number of carbonyl (C=O) groups is 1. The van der Waals surface area contributed by atoms with Crippen molar-refractivity contribution in [3.8, 4) is 0 Å². The molecule has 8 heteroatoms. The molecule has 2 aliphatic heterocycles. The van der Waals surface area contributed by atoms with Crippen LogP contribution < -0.4 is 5.32 Å². The molecule has 0 bridgehead atoms. The fourth-order valence-corrected chi connectivity index (χ4v) is 2.96. The van der Waals surface area contributed by atoms with Crippen LogP contribution in [0.2, 0.25) is 0 Å². The number of hydrogen-bond acceptors (Lipinski definition) is 3. The van der Waals surface area contributed by atoms with E-state index in [4.69, 9.17) is 4.84 Å². The van der Waals surface area contributed by atoms with Gasteiger partial charge in [0.25, 0.3) is 0 Å². The van der Waals surface area contributed by atoms with Gasteiger partial charge in [-0.05, 0) is 38.5 Å². The maximum Gasteiger partial charge on any atom is 0.416 e. The number of halogens is 3. The summed E-state index contributed by atoms with van der Waals surface area (Å²) in [5.41, 5.74) is 0.133. The van der Waals surface area contributed by atoms with Gasteiger partial charge in [0.1, 0.15) is 5.60 Å². The molecule has 1 aromatic carbocycles. The van der Waals surface area contributed by atoms with Crippen molar-refractivity contribution in [2.75, 3.05) is 18.4 Å². The predicted octanol–water partition coefficient (Wildman–Crippen LogP) is 4.03. The van der Waals surface area contributed by atoms with E-state index in [1.807, 2.05) is 13.8 Å². The van der Waals surface area contributed by atoms with Crippen LogP contribution in [-0.4, -0.2) is 35.3 Å². The summed E-state index contributed by atoms with van der Waals surface area (Å²) < 4.78 is 38.8. The maximum atomic E-state index is 12.9. The molecule has 1 fully saturated rings. The lowest BCUT2D eigenvalue weighted by atomic mass is 9.88. The van der Waals surface area contributed by atoms with Crippen LogP contribution in [0, 0.1) is 12.8 Å². The maximum absolute atomic E-state index is 12.9. The Labute approximate surface area is 143 Å². The first-order valence-corrected chi connectivity index (χ1v) is 8.04. The summed E-state index contributed by atoms with van der Waals surface area (Å²) in [6.07, 6.45) is -3.72. The predicted molar refractivity (Wildman–Crippen MR) is 87.5 cm³/mol. The van der Waals surface area contributed by atoms with Crippen molar-refractivity contribution in [3.63, 3.8) is 0 Å². The third-order valence-corrected chi connectivity index (χ3v) is 4.45. The van der Waals surface area contributed by atoms with Gasteiger partial charge in [0.05, 0.1) is 11.3 Å². The van der Waals surface area contributed by atoms with E-state index in [0.717, 1.165) is 18.2 Å². The van der Waals surface area contributed by atoms with E-state index in [1.54, 1.807) is 4.90 Å². The molecule has 0 spiro atoms. The van der Waals surface area contributed by atoms with E-state index in [0.29, 0.717) is 13.1 Å². The molecule has 1 N–H and O–H groups in total. The molecule has 0 unspecified atom stereocenters. The van der Waals surface area contributed by atoms with Crippen molar-refractivity contribution in [1.82, 2.24) is 4.90 Å². The zero-order valence-corrected chi connectivity index (χ0v) is 14.3. The summed E-state index contributed by atoms with van der Waals surface area (Å²) in [4.78, 5) is 19.1. The lowest BCUT2D eigenvalue weighted by molar-refractivity contribution is -0.138. The molecule has 0 aromatic heterocycles. The van der Waals surface area contributed by atoms with Gasteiger partial charge < -0.3 is 15.1 Å². The van der Waals surface area contributed by atoms with E-state index >= 15 is 0 Å². The number of oxime groups is 1. The summed E-state index contributed by atoms with van der Waals surface area (Å²) in [5.74, 6) is 0.149. The SMILES string of the molecule is Cc1ccc(NC(=O)N2CC(C3=NOC(C)(C)C3)C2)cc1C(F)(F)F. The summed E-state index contributed by atoms with van der Waals surface area (Å²) in [7, 11) is 0. The van der Waals surface area contributed by atoms with Gasteiger partial charge in [0.15, 0.2) is 0 Å². The summed E-state index contributed by atoms with van der Waals surface area (Å²) in [5, 5.41) is 6.60. The molecule has 136 valence electrons. The van der Waals surface area contributed by atoms with Gasteiger partial charge in [0, 0.05) is 31.1 Å². The third kappa shape index (κ3) is 3.72. The number of nitrogens with one attached hydrogen (secondary N) is 1. The van der Waals surface area contributed by atoms with Gasteiger partial charge >= 0.3 is 12.2 Å². The third-order valence-electron chi connectivity index (χ3n) is 4.45. The fraction of sp³-hybridized carbons (Fsp3) is 0.529. The van der Waals surface area contributed by atoms with Crippen molar-refractivity contribution in [1.29, 1.82) is 0 Å². The first-order chi connectivity index (χ1) is 11.5. The van der Waals surface area contributed by atoms with Crippen LogP contribution in [0.3, 0.4) is 0 Å². The van der Waals surface area contributed by atoms with Crippen LogP contribution in [0.25, 0.3) is 0 Å². The van der Waals surface area contributed by atoms with E-state index in [2.05, 4.69) is 10.5 Å². The Morgan fingerprint density at radius 3 is 2.60 bits per heavy atom. The van der Waals surface area contributed by atoms with Gasteiger partial charge in [-0.1, -0.05) is 11.2 Å². The highest BCUT2D eigenvalue weighted by Crippen LogP contribution is 2.34. The Morgan fingerprint density at radius 2 is 2.04 bits per heavy atom. The quantitative estimate of drug-likeness (QED) is 0.871. The second kappa shape index (κ2) is 5.93. The van der Waals surface area contributed by atoms with Crippen LogP contribution in [-0.2, 0) is 11.0 Å². The number of urea groups is 1. The monoisotopic (exact) mass is 355 g/mol. The first-order valence-electron chi connectivity index (χ1n) is 8.04. The normalized spacial score (nSPS) is 19.9. The first kappa shape index (κ1) is 17.6. The molecule has 2 heterocycles. The minimum atomic E-state index is -4.44. The molecular weight excluding hydrogens is 335 g/mol. The number of aryl methyl sites for hydroxylation is 1. The van der Waals surface area contributed by atoms with Gasteiger partial charge in [-0.15, -0.1) is 0 Å². The largest absolute Gasteiger partial charge is 0.416 e. The van der Waals surface area contributed by atoms with E-state index < -0.39 is 17.8 Å². The van der Waals surface area contributed by atoms with Crippen LogP contribution in [0.5, 0.6) is 0 Å². The number of hydrogen-bond donors (Lipinski definition) is 1. The number of nitrogens with zero attached hydrogens (tertiary/aromatic N) is 2. The summed E-state index contributed by atoms with van der Waals surface area (Å²) in [6.45, 7) is 6.26. The van der Waals surface area contributed by atoms with E-state index in [-0.39, 0.29) is 22.8 Å². The minimum absolute atomic E-state index is 0.122. The molecular formula is C17H20F3N3O2. The van der Waals surface area contributed by atoms with Crippen molar-refractivity contribution in [3.05, 3.63) is 29.3 Å². The Bertz CT molecular complexity index is 722. The van der Waals surface area contributed by atoms with Crippen molar-refractivity contribution < 1.29 is 22.8 Å². The number of alkyl halides is 3. The van der Waals surface area contributed by atoms with Crippen LogP contribution in [0.4, 0.5) is 23.7 Å². The molecule has 1 aromatic rings. The lowest BCUT2D eigenvalue weighted by Gasteiger charge is -2.38. The van der Waals surface area contributed by atoms with Crippen molar-refractivity contribution >= 4 is 17.4 Å². The molecule has 3 rings (SSSR count).